The second-order valence-electron chi connectivity index (χ2n) is 5.40. The zero-order chi connectivity index (χ0) is 15.6. The second-order valence-corrected chi connectivity index (χ2v) is 5.81. The highest BCUT2D eigenvalue weighted by molar-refractivity contribution is 6.31. The number of unbranched alkanes of at least 4 members (excludes halogenated alkanes) is 2. The standard InChI is InChI=1S/C19H24ClNO/c1-2-3-6-12-22-18-10-7-8-16(13-18)14-21-15-17-9-4-5-11-19(17)20/h4-5,7-11,13,21H,2-3,6,12,14-15H2,1H3. The van der Waals surface area contributed by atoms with Gasteiger partial charge >= 0.3 is 0 Å². The van der Waals surface area contributed by atoms with E-state index in [1.54, 1.807) is 0 Å². The maximum atomic E-state index is 6.15. The van der Waals surface area contributed by atoms with Crippen molar-refractivity contribution in [3.63, 3.8) is 0 Å². The third kappa shape index (κ3) is 5.70. The molecule has 0 spiro atoms. The highest BCUT2D eigenvalue weighted by Gasteiger charge is 2.00. The van der Waals surface area contributed by atoms with E-state index in [0.717, 1.165) is 42.5 Å². The van der Waals surface area contributed by atoms with E-state index in [1.807, 2.05) is 36.4 Å². The van der Waals surface area contributed by atoms with Gasteiger partial charge in [0.15, 0.2) is 0 Å². The Labute approximate surface area is 138 Å². The largest absolute Gasteiger partial charge is 0.494 e. The molecule has 0 saturated heterocycles. The van der Waals surface area contributed by atoms with Crippen LogP contribution in [-0.2, 0) is 13.1 Å². The molecule has 0 aromatic heterocycles. The van der Waals surface area contributed by atoms with Gasteiger partial charge in [0.1, 0.15) is 5.75 Å². The summed E-state index contributed by atoms with van der Waals surface area (Å²) in [6.45, 7) is 4.56. The number of hydrogen-bond donors (Lipinski definition) is 1. The summed E-state index contributed by atoms with van der Waals surface area (Å²) in [5.74, 6) is 0.952. The van der Waals surface area contributed by atoms with Gasteiger partial charge in [-0.05, 0) is 35.7 Å². The van der Waals surface area contributed by atoms with Crippen molar-refractivity contribution in [3.8, 4) is 5.75 Å². The number of hydrogen-bond acceptors (Lipinski definition) is 2. The fourth-order valence-corrected chi connectivity index (χ4v) is 2.47. The van der Waals surface area contributed by atoms with E-state index in [0.29, 0.717) is 0 Å². The number of benzene rings is 2. The van der Waals surface area contributed by atoms with Crippen molar-refractivity contribution in [3.05, 3.63) is 64.7 Å². The molecule has 2 rings (SSSR count). The Morgan fingerprint density at radius 3 is 2.68 bits per heavy atom. The van der Waals surface area contributed by atoms with Crippen molar-refractivity contribution in [1.82, 2.24) is 5.32 Å². The topological polar surface area (TPSA) is 21.3 Å². The van der Waals surface area contributed by atoms with Crippen molar-refractivity contribution in [2.45, 2.75) is 39.3 Å². The summed E-state index contributed by atoms with van der Waals surface area (Å²) in [5, 5.41) is 4.23. The molecule has 0 aliphatic rings. The molecule has 3 heteroatoms. The fraction of sp³-hybridized carbons (Fsp3) is 0.368. The average molecular weight is 318 g/mol. The molecule has 22 heavy (non-hydrogen) atoms. The summed E-state index contributed by atoms with van der Waals surface area (Å²) in [7, 11) is 0. The molecule has 118 valence electrons. The SMILES string of the molecule is CCCCCOc1cccc(CNCc2ccccc2Cl)c1. The monoisotopic (exact) mass is 317 g/mol. The molecule has 2 aromatic rings. The number of nitrogens with one attached hydrogen (secondary N) is 1. The molecule has 0 saturated carbocycles. The molecule has 0 aliphatic heterocycles. The Hall–Kier alpha value is -1.51. The summed E-state index contributed by atoms with van der Waals surface area (Å²) in [6.07, 6.45) is 3.56. The predicted octanol–water partition coefficient (Wildman–Crippen LogP) is 5.20. The zero-order valence-corrected chi connectivity index (χ0v) is 13.9. The minimum Gasteiger partial charge on any atom is -0.494 e. The van der Waals surface area contributed by atoms with Gasteiger partial charge in [0, 0.05) is 18.1 Å². The van der Waals surface area contributed by atoms with Crippen LogP contribution < -0.4 is 10.1 Å². The molecule has 0 radical (unpaired) electrons. The maximum Gasteiger partial charge on any atom is 0.119 e. The molecule has 0 bridgehead atoms. The number of halogens is 1. The Bertz CT molecular complexity index is 571. The van der Waals surface area contributed by atoms with Crippen molar-refractivity contribution < 1.29 is 4.74 Å². The lowest BCUT2D eigenvalue weighted by Gasteiger charge is -2.09. The first-order valence-corrected chi connectivity index (χ1v) is 8.33. The Morgan fingerprint density at radius 2 is 1.86 bits per heavy atom. The summed E-state index contributed by atoms with van der Waals surface area (Å²) in [6, 6.07) is 16.2. The van der Waals surface area contributed by atoms with Gasteiger partial charge < -0.3 is 10.1 Å². The van der Waals surface area contributed by atoms with Gasteiger partial charge in [-0.2, -0.15) is 0 Å². The second kappa shape index (κ2) is 9.50. The van der Waals surface area contributed by atoms with Gasteiger partial charge in [-0.3, -0.25) is 0 Å². The number of rotatable bonds is 9. The molecular weight excluding hydrogens is 294 g/mol. The van der Waals surface area contributed by atoms with E-state index in [-0.39, 0.29) is 0 Å². The number of ether oxygens (including phenoxy) is 1. The fourth-order valence-electron chi connectivity index (χ4n) is 2.27. The van der Waals surface area contributed by atoms with Crippen LogP contribution >= 0.6 is 11.6 Å². The van der Waals surface area contributed by atoms with E-state index in [2.05, 4.69) is 24.4 Å². The van der Waals surface area contributed by atoms with Gasteiger partial charge in [0.25, 0.3) is 0 Å². The van der Waals surface area contributed by atoms with Crippen LogP contribution in [0.3, 0.4) is 0 Å². The molecule has 0 atom stereocenters. The Kier molecular flexibility index (Phi) is 7.27. The summed E-state index contributed by atoms with van der Waals surface area (Å²) < 4.78 is 5.78. The summed E-state index contributed by atoms with van der Waals surface area (Å²) >= 11 is 6.15. The quantitative estimate of drug-likeness (QED) is 0.642. The lowest BCUT2D eigenvalue weighted by molar-refractivity contribution is 0.306. The van der Waals surface area contributed by atoms with E-state index in [4.69, 9.17) is 16.3 Å². The first kappa shape index (κ1) is 16.9. The molecule has 1 N–H and O–H groups in total. The van der Waals surface area contributed by atoms with Crippen LogP contribution in [0.4, 0.5) is 0 Å². The Morgan fingerprint density at radius 1 is 1.00 bits per heavy atom. The molecule has 0 unspecified atom stereocenters. The lowest BCUT2D eigenvalue weighted by atomic mass is 10.2. The molecule has 0 amide bonds. The van der Waals surface area contributed by atoms with Gasteiger partial charge in [0.05, 0.1) is 6.61 Å². The van der Waals surface area contributed by atoms with Gasteiger partial charge in [-0.1, -0.05) is 61.7 Å². The lowest BCUT2D eigenvalue weighted by Crippen LogP contribution is -2.13. The van der Waals surface area contributed by atoms with Crippen LogP contribution in [-0.4, -0.2) is 6.61 Å². The first-order valence-electron chi connectivity index (χ1n) is 7.95. The van der Waals surface area contributed by atoms with Crippen LogP contribution in [0.2, 0.25) is 5.02 Å². The van der Waals surface area contributed by atoms with Crippen LogP contribution in [0.5, 0.6) is 5.75 Å². The predicted molar refractivity (Wildman–Crippen MR) is 93.5 cm³/mol. The van der Waals surface area contributed by atoms with E-state index >= 15 is 0 Å². The molecule has 0 fully saturated rings. The minimum atomic E-state index is 0.765. The van der Waals surface area contributed by atoms with Crippen molar-refractivity contribution in [2.75, 3.05) is 6.61 Å². The average Bonchev–Trinajstić information content (AvgIpc) is 2.54. The van der Waals surface area contributed by atoms with Gasteiger partial charge in [0.2, 0.25) is 0 Å². The highest BCUT2D eigenvalue weighted by atomic mass is 35.5. The molecule has 2 nitrogen and oxygen atoms in total. The highest BCUT2D eigenvalue weighted by Crippen LogP contribution is 2.16. The van der Waals surface area contributed by atoms with Gasteiger partial charge in [-0.15, -0.1) is 0 Å². The molecule has 0 aliphatic carbocycles. The third-order valence-corrected chi connectivity index (χ3v) is 3.89. The molecular formula is C19H24ClNO. The zero-order valence-electron chi connectivity index (χ0n) is 13.1. The van der Waals surface area contributed by atoms with E-state index < -0.39 is 0 Å². The summed E-state index contributed by atoms with van der Waals surface area (Å²) in [4.78, 5) is 0. The van der Waals surface area contributed by atoms with E-state index in [1.165, 1.54) is 18.4 Å². The molecule has 2 aromatic carbocycles. The maximum absolute atomic E-state index is 6.15. The van der Waals surface area contributed by atoms with Crippen LogP contribution in [0, 0.1) is 0 Å². The van der Waals surface area contributed by atoms with Crippen LogP contribution in [0.15, 0.2) is 48.5 Å². The van der Waals surface area contributed by atoms with Crippen molar-refractivity contribution in [2.24, 2.45) is 0 Å². The van der Waals surface area contributed by atoms with Crippen molar-refractivity contribution >= 4 is 11.6 Å². The van der Waals surface area contributed by atoms with Crippen molar-refractivity contribution in [1.29, 1.82) is 0 Å². The van der Waals surface area contributed by atoms with Gasteiger partial charge in [-0.25, -0.2) is 0 Å². The Balaban J connectivity index is 1.79. The molecule has 0 heterocycles. The summed E-state index contributed by atoms with van der Waals surface area (Å²) in [5.41, 5.74) is 2.34. The smallest absolute Gasteiger partial charge is 0.119 e. The van der Waals surface area contributed by atoms with E-state index in [9.17, 15) is 0 Å². The normalized spacial score (nSPS) is 10.6. The first-order chi connectivity index (χ1) is 10.8. The van der Waals surface area contributed by atoms with Crippen LogP contribution in [0.1, 0.15) is 37.3 Å². The third-order valence-electron chi connectivity index (χ3n) is 3.52. The van der Waals surface area contributed by atoms with Crippen LogP contribution in [0.25, 0.3) is 0 Å². The minimum absolute atomic E-state index is 0.765.